The third-order valence-electron chi connectivity index (χ3n) is 4.04. The summed E-state index contributed by atoms with van der Waals surface area (Å²) in [6.07, 6.45) is 3.57. The van der Waals surface area contributed by atoms with Gasteiger partial charge in [0.2, 0.25) is 5.88 Å². The lowest BCUT2D eigenvalue weighted by Gasteiger charge is -2.27. The summed E-state index contributed by atoms with van der Waals surface area (Å²) in [6.45, 7) is 9.33. The summed E-state index contributed by atoms with van der Waals surface area (Å²) in [5.74, 6) is 0.582. The van der Waals surface area contributed by atoms with Gasteiger partial charge in [-0.15, -0.1) is 0 Å². The number of nitrogens with zero attached hydrogens (tertiary/aromatic N) is 3. The molecular weight excluding hydrogens is 306 g/mol. The molecule has 6 nitrogen and oxygen atoms in total. The molecule has 24 heavy (non-hydrogen) atoms. The quantitative estimate of drug-likeness (QED) is 0.867. The SMILES string of the molecule is Cn1ccc2c(OCC(C)(C)C)ncc(C(=O)N3CCOCC3)c21. The number of fused-ring (bicyclic) bond motifs is 1. The molecule has 1 saturated heterocycles. The van der Waals surface area contributed by atoms with E-state index in [-0.39, 0.29) is 11.3 Å². The molecule has 0 saturated carbocycles. The third kappa shape index (κ3) is 3.38. The van der Waals surface area contributed by atoms with Crippen molar-refractivity contribution in [1.82, 2.24) is 14.5 Å². The molecule has 130 valence electrons. The number of hydrogen-bond acceptors (Lipinski definition) is 4. The van der Waals surface area contributed by atoms with Crippen molar-refractivity contribution in [3.05, 3.63) is 24.0 Å². The zero-order valence-electron chi connectivity index (χ0n) is 14.8. The highest BCUT2D eigenvalue weighted by Gasteiger charge is 2.24. The van der Waals surface area contributed by atoms with E-state index in [0.717, 1.165) is 10.9 Å². The van der Waals surface area contributed by atoms with Crippen LogP contribution in [-0.2, 0) is 11.8 Å². The summed E-state index contributed by atoms with van der Waals surface area (Å²) < 4.78 is 13.2. The molecule has 0 radical (unpaired) electrons. The van der Waals surface area contributed by atoms with E-state index in [0.29, 0.717) is 44.4 Å². The van der Waals surface area contributed by atoms with E-state index in [1.807, 2.05) is 28.8 Å². The summed E-state index contributed by atoms with van der Waals surface area (Å²) in [5, 5.41) is 0.876. The summed E-state index contributed by atoms with van der Waals surface area (Å²) in [7, 11) is 1.94. The summed E-state index contributed by atoms with van der Waals surface area (Å²) in [5.41, 5.74) is 1.53. The molecular formula is C18H25N3O3. The van der Waals surface area contributed by atoms with E-state index in [9.17, 15) is 4.79 Å². The normalized spacial score (nSPS) is 15.8. The Bertz CT molecular complexity index is 740. The van der Waals surface area contributed by atoms with E-state index in [1.165, 1.54) is 0 Å². The molecule has 2 aromatic heterocycles. The predicted octanol–water partition coefficient (Wildman–Crippen LogP) is 2.47. The van der Waals surface area contributed by atoms with Crippen molar-refractivity contribution in [2.75, 3.05) is 32.9 Å². The second-order valence-electron chi connectivity index (χ2n) is 7.42. The molecule has 0 bridgehead atoms. The molecule has 1 aliphatic rings. The van der Waals surface area contributed by atoms with Crippen molar-refractivity contribution < 1.29 is 14.3 Å². The van der Waals surface area contributed by atoms with Crippen LogP contribution in [0.25, 0.3) is 10.9 Å². The maximum atomic E-state index is 12.9. The molecule has 1 fully saturated rings. The van der Waals surface area contributed by atoms with Crippen molar-refractivity contribution in [2.24, 2.45) is 12.5 Å². The highest BCUT2D eigenvalue weighted by molar-refractivity contribution is 6.06. The van der Waals surface area contributed by atoms with Crippen molar-refractivity contribution in [3.63, 3.8) is 0 Å². The standard InChI is InChI=1S/C18H25N3O3/c1-18(2,3)12-24-16-13-5-6-20(4)15(13)14(11-19-16)17(22)21-7-9-23-10-8-21/h5-6,11H,7-10,12H2,1-4H3. The Kier molecular flexibility index (Phi) is 4.49. The zero-order valence-corrected chi connectivity index (χ0v) is 14.8. The highest BCUT2D eigenvalue weighted by atomic mass is 16.5. The highest BCUT2D eigenvalue weighted by Crippen LogP contribution is 2.29. The minimum absolute atomic E-state index is 0.0000265. The minimum Gasteiger partial charge on any atom is -0.477 e. The van der Waals surface area contributed by atoms with E-state index < -0.39 is 0 Å². The van der Waals surface area contributed by atoms with Crippen LogP contribution < -0.4 is 4.74 Å². The molecule has 0 aliphatic carbocycles. The number of aromatic nitrogens is 2. The molecule has 0 unspecified atom stereocenters. The number of pyridine rings is 1. The van der Waals surface area contributed by atoms with Crippen LogP contribution in [0.4, 0.5) is 0 Å². The lowest BCUT2D eigenvalue weighted by molar-refractivity contribution is 0.0303. The zero-order chi connectivity index (χ0) is 17.3. The van der Waals surface area contributed by atoms with Crippen molar-refractivity contribution >= 4 is 16.8 Å². The Morgan fingerprint density at radius 2 is 2.04 bits per heavy atom. The first-order chi connectivity index (χ1) is 11.4. The number of amides is 1. The first-order valence-electron chi connectivity index (χ1n) is 8.31. The fourth-order valence-corrected chi connectivity index (χ4v) is 2.78. The van der Waals surface area contributed by atoms with Crippen molar-refractivity contribution in [2.45, 2.75) is 20.8 Å². The van der Waals surface area contributed by atoms with Crippen LogP contribution in [0.15, 0.2) is 18.5 Å². The maximum Gasteiger partial charge on any atom is 0.257 e. The van der Waals surface area contributed by atoms with E-state index in [4.69, 9.17) is 9.47 Å². The monoisotopic (exact) mass is 331 g/mol. The summed E-state index contributed by atoms with van der Waals surface area (Å²) >= 11 is 0. The van der Waals surface area contributed by atoms with Crippen LogP contribution in [-0.4, -0.2) is 53.3 Å². The Morgan fingerprint density at radius 3 is 2.71 bits per heavy atom. The average Bonchev–Trinajstić information content (AvgIpc) is 2.94. The topological polar surface area (TPSA) is 56.6 Å². The first kappa shape index (κ1) is 16.8. The fourth-order valence-electron chi connectivity index (χ4n) is 2.78. The molecule has 0 spiro atoms. The Morgan fingerprint density at radius 1 is 1.33 bits per heavy atom. The molecule has 2 aromatic rings. The molecule has 1 aliphatic heterocycles. The second kappa shape index (κ2) is 6.43. The molecule has 1 amide bonds. The fraction of sp³-hybridized carbons (Fsp3) is 0.556. The van der Waals surface area contributed by atoms with Crippen LogP contribution in [0.5, 0.6) is 5.88 Å². The number of carbonyl (C=O) groups is 1. The van der Waals surface area contributed by atoms with Gasteiger partial charge in [0.15, 0.2) is 0 Å². The van der Waals surface area contributed by atoms with Crippen LogP contribution in [0.1, 0.15) is 31.1 Å². The number of ether oxygens (including phenoxy) is 2. The number of morpholine rings is 1. The first-order valence-corrected chi connectivity index (χ1v) is 8.31. The van der Waals surface area contributed by atoms with Crippen molar-refractivity contribution in [1.29, 1.82) is 0 Å². The van der Waals surface area contributed by atoms with Gasteiger partial charge in [0.25, 0.3) is 5.91 Å². The Labute approximate surface area is 142 Å². The van der Waals surface area contributed by atoms with Gasteiger partial charge >= 0.3 is 0 Å². The van der Waals surface area contributed by atoms with Gasteiger partial charge in [-0.3, -0.25) is 4.79 Å². The number of rotatable bonds is 3. The van der Waals surface area contributed by atoms with E-state index in [1.54, 1.807) is 6.20 Å². The summed E-state index contributed by atoms with van der Waals surface area (Å²) in [4.78, 5) is 19.1. The average molecular weight is 331 g/mol. The van der Waals surface area contributed by atoms with Crippen LogP contribution in [0, 0.1) is 5.41 Å². The second-order valence-corrected chi connectivity index (χ2v) is 7.42. The third-order valence-corrected chi connectivity index (χ3v) is 4.04. The number of carbonyl (C=O) groups excluding carboxylic acids is 1. The molecule has 3 heterocycles. The molecule has 6 heteroatoms. The van der Waals surface area contributed by atoms with Gasteiger partial charge in [0, 0.05) is 32.5 Å². The van der Waals surface area contributed by atoms with Crippen LogP contribution in [0.3, 0.4) is 0 Å². The number of aryl methyl sites for hydroxylation is 1. The van der Waals surface area contributed by atoms with Crippen molar-refractivity contribution in [3.8, 4) is 5.88 Å². The van der Waals surface area contributed by atoms with Crippen LogP contribution >= 0.6 is 0 Å². The predicted molar refractivity (Wildman–Crippen MR) is 92.4 cm³/mol. The lowest BCUT2D eigenvalue weighted by atomic mass is 9.99. The minimum atomic E-state index is -0.0000265. The Hall–Kier alpha value is -2.08. The van der Waals surface area contributed by atoms with E-state index in [2.05, 4.69) is 25.8 Å². The van der Waals surface area contributed by atoms with Crippen LogP contribution in [0.2, 0.25) is 0 Å². The van der Waals surface area contributed by atoms with Gasteiger partial charge in [-0.25, -0.2) is 4.98 Å². The molecule has 0 N–H and O–H groups in total. The van der Waals surface area contributed by atoms with Gasteiger partial charge in [-0.05, 0) is 11.5 Å². The van der Waals surface area contributed by atoms with Gasteiger partial charge in [0.05, 0.1) is 36.3 Å². The largest absolute Gasteiger partial charge is 0.477 e. The lowest BCUT2D eigenvalue weighted by Crippen LogP contribution is -2.40. The summed E-state index contributed by atoms with van der Waals surface area (Å²) in [6, 6.07) is 1.95. The molecule has 3 rings (SSSR count). The molecule has 0 atom stereocenters. The van der Waals surface area contributed by atoms with Gasteiger partial charge in [-0.1, -0.05) is 20.8 Å². The number of hydrogen-bond donors (Lipinski definition) is 0. The molecule has 0 aromatic carbocycles. The van der Waals surface area contributed by atoms with Gasteiger partial charge in [-0.2, -0.15) is 0 Å². The smallest absolute Gasteiger partial charge is 0.257 e. The van der Waals surface area contributed by atoms with E-state index >= 15 is 0 Å². The van der Waals surface area contributed by atoms with Gasteiger partial charge < -0.3 is 18.9 Å². The Balaban J connectivity index is 1.95. The maximum absolute atomic E-state index is 12.9. The van der Waals surface area contributed by atoms with Gasteiger partial charge in [0.1, 0.15) is 0 Å².